The van der Waals surface area contributed by atoms with Crippen LogP contribution in [0, 0.1) is 0 Å². The van der Waals surface area contributed by atoms with E-state index in [9.17, 15) is 14.4 Å². The first kappa shape index (κ1) is 18.9. The summed E-state index contributed by atoms with van der Waals surface area (Å²) in [5.74, 6) is -1.56. The van der Waals surface area contributed by atoms with Crippen LogP contribution in [0.15, 0.2) is 57.7 Å². The molecule has 0 saturated carbocycles. The van der Waals surface area contributed by atoms with Crippen molar-refractivity contribution in [2.24, 2.45) is 0 Å². The van der Waals surface area contributed by atoms with E-state index in [0.717, 1.165) is 0 Å². The highest BCUT2D eigenvalue weighted by atomic mass is 35.5. The van der Waals surface area contributed by atoms with Gasteiger partial charge in [0.15, 0.2) is 6.10 Å². The third-order valence-corrected chi connectivity index (χ3v) is 4.08. The summed E-state index contributed by atoms with van der Waals surface area (Å²) in [6, 6.07) is 12.6. The first-order valence-corrected chi connectivity index (χ1v) is 8.60. The van der Waals surface area contributed by atoms with Crippen LogP contribution in [-0.2, 0) is 9.53 Å². The molecule has 3 aromatic rings. The lowest BCUT2D eigenvalue weighted by Crippen LogP contribution is -2.31. The van der Waals surface area contributed by atoms with Crippen LogP contribution in [0.1, 0.15) is 17.3 Å². The number of anilines is 1. The Morgan fingerprint density at radius 2 is 1.74 bits per heavy atom. The van der Waals surface area contributed by atoms with Gasteiger partial charge in [-0.1, -0.05) is 41.4 Å². The second kappa shape index (κ2) is 7.82. The molecule has 0 spiro atoms. The monoisotopic (exact) mass is 405 g/mol. The molecular formula is C19H13Cl2NO5. The van der Waals surface area contributed by atoms with Crippen molar-refractivity contribution >= 4 is 51.7 Å². The number of hydrogen-bond acceptors (Lipinski definition) is 5. The fourth-order valence-corrected chi connectivity index (χ4v) is 2.88. The van der Waals surface area contributed by atoms with E-state index in [2.05, 4.69) is 5.32 Å². The molecule has 0 radical (unpaired) electrons. The summed E-state index contributed by atoms with van der Waals surface area (Å²) in [5, 5.41) is 3.79. The lowest BCUT2D eigenvalue weighted by molar-refractivity contribution is -0.123. The Kier molecular flexibility index (Phi) is 5.48. The number of para-hydroxylation sites is 1. The van der Waals surface area contributed by atoms with E-state index in [1.54, 1.807) is 24.3 Å². The summed E-state index contributed by atoms with van der Waals surface area (Å²) in [4.78, 5) is 36.5. The Labute approximate surface area is 163 Å². The molecule has 6 nitrogen and oxygen atoms in total. The Balaban J connectivity index is 1.74. The number of amides is 1. The molecule has 1 aromatic heterocycles. The molecule has 1 amide bonds. The topological polar surface area (TPSA) is 85.6 Å². The van der Waals surface area contributed by atoms with Gasteiger partial charge < -0.3 is 14.5 Å². The third-order valence-electron chi connectivity index (χ3n) is 3.64. The van der Waals surface area contributed by atoms with E-state index < -0.39 is 23.6 Å². The summed E-state index contributed by atoms with van der Waals surface area (Å²) in [7, 11) is 0. The summed E-state index contributed by atoms with van der Waals surface area (Å²) < 4.78 is 10.2. The molecule has 0 bridgehead atoms. The predicted octanol–water partition coefficient (Wildman–Crippen LogP) is 4.28. The van der Waals surface area contributed by atoms with Crippen LogP contribution in [0.3, 0.4) is 0 Å². The molecule has 0 aliphatic carbocycles. The van der Waals surface area contributed by atoms with Gasteiger partial charge >= 0.3 is 11.6 Å². The van der Waals surface area contributed by atoms with Gasteiger partial charge in [0.2, 0.25) is 0 Å². The molecule has 1 N–H and O–H groups in total. The SMILES string of the molecule is C[C@H](OC(=O)c1cc2ccccc2oc1=O)C(=O)Nc1cc(Cl)cc(Cl)c1. The highest BCUT2D eigenvalue weighted by Crippen LogP contribution is 2.22. The van der Waals surface area contributed by atoms with Crippen molar-refractivity contribution in [1.82, 2.24) is 0 Å². The van der Waals surface area contributed by atoms with Gasteiger partial charge in [0.1, 0.15) is 11.1 Å². The number of esters is 1. The molecule has 0 aliphatic heterocycles. The minimum Gasteiger partial charge on any atom is -0.449 e. The predicted molar refractivity (Wildman–Crippen MR) is 102 cm³/mol. The van der Waals surface area contributed by atoms with E-state index in [1.807, 2.05) is 0 Å². The largest absolute Gasteiger partial charge is 0.449 e. The molecule has 138 valence electrons. The normalized spacial score (nSPS) is 11.8. The first-order valence-electron chi connectivity index (χ1n) is 7.84. The van der Waals surface area contributed by atoms with E-state index in [0.29, 0.717) is 26.7 Å². The Bertz CT molecular complexity index is 1070. The average molecular weight is 406 g/mol. The smallest absolute Gasteiger partial charge is 0.351 e. The molecule has 8 heteroatoms. The van der Waals surface area contributed by atoms with Crippen molar-refractivity contribution in [2.75, 3.05) is 5.32 Å². The molecule has 1 heterocycles. The van der Waals surface area contributed by atoms with Crippen molar-refractivity contribution in [3.63, 3.8) is 0 Å². The van der Waals surface area contributed by atoms with Crippen molar-refractivity contribution < 1.29 is 18.7 Å². The second-order valence-corrected chi connectivity index (χ2v) is 6.55. The molecule has 0 unspecified atom stereocenters. The molecule has 0 saturated heterocycles. The maximum atomic E-state index is 12.3. The number of nitrogens with one attached hydrogen (secondary N) is 1. The number of benzene rings is 2. The summed E-state index contributed by atoms with van der Waals surface area (Å²) in [5.41, 5.74) is -0.430. The quantitative estimate of drug-likeness (QED) is 0.516. The molecule has 1 atom stereocenters. The van der Waals surface area contributed by atoms with Crippen LogP contribution < -0.4 is 10.9 Å². The molecule has 0 fully saturated rings. The van der Waals surface area contributed by atoms with Crippen LogP contribution in [0.5, 0.6) is 0 Å². The van der Waals surface area contributed by atoms with Crippen LogP contribution in [0.25, 0.3) is 11.0 Å². The maximum absolute atomic E-state index is 12.3. The minimum atomic E-state index is -1.17. The van der Waals surface area contributed by atoms with Gasteiger partial charge in [-0.15, -0.1) is 0 Å². The number of ether oxygens (including phenoxy) is 1. The zero-order valence-corrected chi connectivity index (χ0v) is 15.5. The fourth-order valence-electron chi connectivity index (χ4n) is 2.35. The molecule has 0 aliphatic rings. The molecule has 2 aromatic carbocycles. The van der Waals surface area contributed by atoms with Gasteiger partial charge in [-0.05, 0) is 37.3 Å². The standard InChI is InChI=1S/C19H13Cl2NO5/c1-10(17(23)22-14-8-12(20)7-13(21)9-14)26-18(24)15-6-11-4-2-3-5-16(11)27-19(15)25/h2-10H,1H3,(H,22,23)/t10-/m0/s1. The lowest BCUT2D eigenvalue weighted by Gasteiger charge is -2.13. The van der Waals surface area contributed by atoms with E-state index in [4.69, 9.17) is 32.4 Å². The third kappa shape index (κ3) is 4.48. The van der Waals surface area contributed by atoms with Gasteiger partial charge in [0, 0.05) is 21.1 Å². The number of rotatable bonds is 4. The van der Waals surface area contributed by atoms with E-state index in [1.165, 1.54) is 31.2 Å². The Morgan fingerprint density at radius 3 is 2.44 bits per heavy atom. The van der Waals surface area contributed by atoms with Crippen LogP contribution in [0.4, 0.5) is 5.69 Å². The van der Waals surface area contributed by atoms with Gasteiger partial charge in [-0.2, -0.15) is 0 Å². The molecular weight excluding hydrogens is 393 g/mol. The van der Waals surface area contributed by atoms with E-state index in [-0.39, 0.29) is 5.56 Å². The lowest BCUT2D eigenvalue weighted by atomic mass is 10.2. The van der Waals surface area contributed by atoms with Crippen molar-refractivity contribution in [3.8, 4) is 0 Å². The van der Waals surface area contributed by atoms with Crippen molar-refractivity contribution in [3.05, 3.63) is 74.6 Å². The van der Waals surface area contributed by atoms with Crippen LogP contribution in [-0.4, -0.2) is 18.0 Å². The van der Waals surface area contributed by atoms with Gasteiger partial charge in [0.05, 0.1) is 0 Å². The number of carbonyl (C=O) groups is 2. The Hall–Kier alpha value is -2.83. The zero-order valence-electron chi connectivity index (χ0n) is 14.0. The van der Waals surface area contributed by atoms with E-state index >= 15 is 0 Å². The number of hydrogen-bond donors (Lipinski definition) is 1. The van der Waals surface area contributed by atoms with Gasteiger partial charge in [0.25, 0.3) is 5.91 Å². The second-order valence-electron chi connectivity index (χ2n) is 5.68. The highest BCUT2D eigenvalue weighted by Gasteiger charge is 2.22. The number of fused-ring (bicyclic) bond motifs is 1. The minimum absolute atomic E-state index is 0.292. The molecule has 3 rings (SSSR count). The maximum Gasteiger partial charge on any atom is 0.351 e. The van der Waals surface area contributed by atoms with Crippen molar-refractivity contribution in [2.45, 2.75) is 13.0 Å². The summed E-state index contributed by atoms with van der Waals surface area (Å²) in [6.07, 6.45) is -1.17. The average Bonchev–Trinajstić information content (AvgIpc) is 2.60. The molecule has 27 heavy (non-hydrogen) atoms. The van der Waals surface area contributed by atoms with Crippen molar-refractivity contribution in [1.29, 1.82) is 0 Å². The number of carbonyl (C=O) groups excluding carboxylic acids is 2. The summed E-state index contributed by atoms with van der Waals surface area (Å²) >= 11 is 11.8. The van der Waals surface area contributed by atoms with Gasteiger partial charge in [-0.25, -0.2) is 9.59 Å². The summed E-state index contributed by atoms with van der Waals surface area (Å²) in [6.45, 7) is 1.38. The number of halogens is 2. The first-order chi connectivity index (χ1) is 12.8. The Morgan fingerprint density at radius 1 is 1.07 bits per heavy atom. The fraction of sp³-hybridized carbons (Fsp3) is 0.105. The van der Waals surface area contributed by atoms with Crippen LogP contribution in [0.2, 0.25) is 10.0 Å². The zero-order chi connectivity index (χ0) is 19.6. The van der Waals surface area contributed by atoms with Crippen LogP contribution >= 0.6 is 23.2 Å². The highest BCUT2D eigenvalue weighted by molar-refractivity contribution is 6.35. The van der Waals surface area contributed by atoms with Gasteiger partial charge in [-0.3, -0.25) is 4.79 Å².